The highest BCUT2D eigenvalue weighted by molar-refractivity contribution is 5.24. The van der Waals surface area contributed by atoms with E-state index in [1.807, 2.05) is 0 Å². The molecule has 0 radical (unpaired) electrons. The monoisotopic (exact) mass is 536 g/mol. The second-order valence-corrected chi connectivity index (χ2v) is 13.6. The van der Waals surface area contributed by atoms with Crippen molar-refractivity contribution in [1.82, 2.24) is 9.97 Å². The largest absolute Gasteiger partial charge is 0.481 e. The summed E-state index contributed by atoms with van der Waals surface area (Å²) >= 11 is 0. The smallest absolute Gasteiger partial charge is 0.251 e. The second kappa shape index (κ2) is 10.2. The predicted octanol–water partition coefficient (Wildman–Crippen LogP) is 5.56. The van der Waals surface area contributed by atoms with Crippen LogP contribution >= 0.6 is 0 Å². The zero-order chi connectivity index (χ0) is 27.5. The summed E-state index contributed by atoms with van der Waals surface area (Å²) in [5.41, 5.74) is 0.143. The van der Waals surface area contributed by atoms with Gasteiger partial charge in [-0.25, -0.2) is 18.7 Å². The molecule has 5 rings (SSSR count). The van der Waals surface area contributed by atoms with Gasteiger partial charge in [0.1, 0.15) is 6.33 Å². The number of hydrogen-bond acceptors (Lipinski definition) is 6. The van der Waals surface area contributed by atoms with Crippen LogP contribution in [-0.4, -0.2) is 50.5 Å². The first-order valence-corrected chi connectivity index (χ1v) is 14.7. The topological polar surface area (TPSA) is 95.7 Å². The van der Waals surface area contributed by atoms with Gasteiger partial charge in [0.25, 0.3) is 5.92 Å². The Labute approximate surface area is 225 Å². The van der Waals surface area contributed by atoms with E-state index in [9.17, 15) is 15.3 Å². The van der Waals surface area contributed by atoms with Gasteiger partial charge in [0.15, 0.2) is 0 Å². The summed E-state index contributed by atoms with van der Waals surface area (Å²) in [7, 11) is 1.53. The maximum absolute atomic E-state index is 16.0. The van der Waals surface area contributed by atoms with Crippen LogP contribution in [0.5, 0.6) is 5.88 Å². The Morgan fingerprint density at radius 1 is 1.03 bits per heavy atom. The van der Waals surface area contributed by atoms with E-state index < -0.39 is 36.1 Å². The molecule has 0 saturated heterocycles. The van der Waals surface area contributed by atoms with Crippen LogP contribution < -0.4 is 4.74 Å². The Balaban J connectivity index is 1.27. The van der Waals surface area contributed by atoms with Gasteiger partial charge in [-0.3, -0.25) is 0 Å². The molecule has 4 aliphatic carbocycles. The number of ether oxygens (including phenoxy) is 1. The molecule has 3 N–H and O–H groups in total. The molecule has 1 heterocycles. The van der Waals surface area contributed by atoms with E-state index in [2.05, 4.69) is 30.7 Å². The van der Waals surface area contributed by atoms with E-state index >= 15 is 8.78 Å². The van der Waals surface area contributed by atoms with Crippen LogP contribution in [0.15, 0.2) is 12.5 Å². The van der Waals surface area contributed by atoms with Crippen molar-refractivity contribution in [2.45, 2.75) is 109 Å². The van der Waals surface area contributed by atoms with Gasteiger partial charge in [0, 0.05) is 18.5 Å². The van der Waals surface area contributed by atoms with Gasteiger partial charge in [-0.1, -0.05) is 33.6 Å². The molecule has 38 heavy (non-hydrogen) atoms. The molecular weight excluding hydrogens is 490 g/mol. The third-order valence-corrected chi connectivity index (χ3v) is 11.9. The van der Waals surface area contributed by atoms with E-state index in [1.165, 1.54) is 13.4 Å². The predicted molar refractivity (Wildman–Crippen MR) is 140 cm³/mol. The average molecular weight is 537 g/mol. The van der Waals surface area contributed by atoms with Crippen molar-refractivity contribution in [1.29, 1.82) is 0 Å². The third kappa shape index (κ3) is 4.46. The number of nitrogens with zero attached hydrogens (tertiary/aromatic N) is 2. The van der Waals surface area contributed by atoms with Crippen LogP contribution in [0.1, 0.15) is 96.6 Å². The Bertz CT molecular complexity index is 997. The Morgan fingerprint density at radius 3 is 2.47 bits per heavy atom. The number of rotatable bonds is 7. The first-order chi connectivity index (χ1) is 17.9. The number of methoxy groups -OCH3 is 1. The molecule has 11 atom stereocenters. The van der Waals surface area contributed by atoms with Crippen molar-refractivity contribution in [3.05, 3.63) is 18.1 Å². The third-order valence-electron chi connectivity index (χ3n) is 11.9. The van der Waals surface area contributed by atoms with E-state index in [4.69, 9.17) is 4.74 Å². The number of fused-ring (bicyclic) bond motifs is 5. The van der Waals surface area contributed by atoms with Crippen molar-refractivity contribution in [3.8, 4) is 5.88 Å². The van der Waals surface area contributed by atoms with Crippen LogP contribution in [-0.2, 0) is 0 Å². The van der Waals surface area contributed by atoms with Crippen LogP contribution in [0.2, 0.25) is 0 Å². The summed E-state index contributed by atoms with van der Waals surface area (Å²) in [6, 6.07) is 0. The first-order valence-electron chi connectivity index (χ1n) is 14.7. The lowest BCUT2D eigenvalue weighted by Crippen LogP contribution is -2.64. The van der Waals surface area contributed by atoms with Crippen molar-refractivity contribution in [3.63, 3.8) is 0 Å². The van der Waals surface area contributed by atoms with Gasteiger partial charge in [0.05, 0.1) is 31.0 Å². The number of halogens is 2. The zero-order valence-electron chi connectivity index (χ0n) is 23.3. The lowest BCUT2D eigenvalue weighted by molar-refractivity contribution is -0.258. The molecule has 0 amide bonds. The van der Waals surface area contributed by atoms with Crippen LogP contribution in [0.25, 0.3) is 0 Å². The molecule has 4 fully saturated rings. The van der Waals surface area contributed by atoms with Gasteiger partial charge in [-0.15, -0.1) is 0 Å². The Hall–Kier alpha value is -1.38. The summed E-state index contributed by atoms with van der Waals surface area (Å²) < 4.78 is 37.2. The van der Waals surface area contributed by atoms with Gasteiger partial charge < -0.3 is 20.1 Å². The summed E-state index contributed by atoms with van der Waals surface area (Å²) in [5.74, 6) is -2.95. The Kier molecular flexibility index (Phi) is 7.58. The number of aliphatic hydroxyl groups is 3. The highest BCUT2D eigenvalue weighted by Crippen LogP contribution is 2.71. The average Bonchev–Trinajstić information content (AvgIpc) is 3.24. The van der Waals surface area contributed by atoms with Gasteiger partial charge in [-0.2, -0.15) is 0 Å². The minimum absolute atomic E-state index is 0.0122. The quantitative estimate of drug-likeness (QED) is 0.422. The lowest BCUT2D eigenvalue weighted by Gasteiger charge is -2.63. The number of aliphatic hydroxyl groups excluding tert-OH is 3. The maximum Gasteiger partial charge on any atom is 0.251 e. The Morgan fingerprint density at radius 2 is 1.74 bits per heavy atom. The van der Waals surface area contributed by atoms with Crippen molar-refractivity contribution in [2.75, 3.05) is 7.11 Å². The number of hydrogen-bond donors (Lipinski definition) is 3. The summed E-state index contributed by atoms with van der Waals surface area (Å²) in [6.45, 7) is 6.65. The minimum atomic E-state index is -2.82. The van der Waals surface area contributed by atoms with Crippen molar-refractivity contribution in [2.24, 2.45) is 46.3 Å². The standard InChI is InChI=1S/C30H46F2N2O4/c1-17(6-5-7-23(35)18-15-33-16-34-27(18)38-4)19-8-9-20-25-21(10-12-28(19,20)2)29(3)13-11-24(36)26(37)22(29)14-30(25,31)32/h15-17,19-26,35-37H,5-14H2,1-4H3/t17-,19-,20+,21+,22+,23?,24+,25+,26-,28-,29-/m1/s1. The molecule has 1 unspecified atom stereocenters. The molecule has 1 aromatic heterocycles. The molecule has 8 heteroatoms. The molecule has 0 spiro atoms. The minimum Gasteiger partial charge on any atom is -0.481 e. The van der Waals surface area contributed by atoms with E-state index in [1.54, 1.807) is 6.20 Å². The molecule has 4 aliphatic rings. The van der Waals surface area contributed by atoms with Crippen LogP contribution in [0.3, 0.4) is 0 Å². The van der Waals surface area contributed by atoms with Crippen molar-refractivity contribution >= 4 is 0 Å². The molecule has 214 valence electrons. The molecular formula is C30H46F2N2O4. The fraction of sp³-hybridized carbons (Fsp3) is 0.867. The van der Waals surface area contributed by atoms with Gasteiger partial charge in [-0.05, 0) is 85.4 Å². The summed E-state index contributed by atoms with van der Waals surface area (Å²) in [4.78, 5) is 8.10. The second-order valence-electron chi connectivity index (χ2n) is 13.6. The zero-order valence-corrected chi connectivity index (χ0v) is 23.3. The molecule has 0 bridgehead atoms. The van der Waals surface area contributed by atoms with E-state index in [0.717, 1.165) is 44.9 Å². The van der Waals surface area contributed by atoms with Crippen LogP contribution in [0.4, 0.5) is 8.78 Å². The van der Waals surface area contributed by atoms with E-state index in [0.29, 0.717) is 36.1 Å². The molecule has 6 nitrogen and oxygen atoms in total. The fourth-order valence-corrected chi connectivity index (χ4v) is 9.88. The number of aromatic nitrogens is 2. The molecule has 0 aliphatic heterocycles. The maximum atomic E-state index is 16.0. The number of alkyl halides is 2. The molecule has 4 saturated carbocycles. The van der Waals surface area contributed by atoms with E-state index in [-0.39, 0.29) is 29.1 Å². The van der Waals surface area contributed by atoms with Crippen molar-refractivity contribution < 1.29 is 28.8 Å². The highest BCUT2D eigenvalue weighted by Gasteiger charge is 2.69. The SMILES string of the molecule is COc1ncncc1C(O)CCC[C@@H](C)[C@H]1CC[C@H]2[C@H]3[C@H](CC[C@]12C)[C@@]1(C)CC[C@H](O)[C@H](O)[C@@H]1CC3(F)F. The molecule has 0 aromatic carbocycles. The summed E-state index contributed by atoms with van der Waals surface area (Å²) in [6.07, 6.45) is 7.18. The fourth-order valence-electron chi connectivity index (χ4n) is 9.88. The summed E-state index contributed by atoms with van der Waals surface area (Å²) in [5, 5.41) is 31.7. The normalized spacial score (nSPS) is 43.4. The van der Waals surface area contributed by atoms with Crippen LogP contribution in [0, 0.1) is 46.3 Å². The van der Waals surface area contributed by atoms with Gasteiger partial charge in [0.2, 0.25) is 5.88 Å². The molecule has 1 aromatic rings. The highest BCUT2D eigenvalue weighted by atomic mass is 19.3. The van der Waals surface area contributed by atoms with Gasteiger partial charge >= 0.3 is 0 Å². The first kappa shape index (κ1) is 28.2. The lowest BCUT2D eigenvalue weighted by atomic mass is 9.43.